The summed E-state index contributed by atoms with van der Waals surface area (Å²) in [6.45, 7) is 31.6. The van der Waals surface area contributed by atoms with E-state index in [4.69, 9.17) is 24.7 Å². The number of carboxylic acid groups (broad SMARTS) is 1. The van der Waals surface area contributed by atoms with E-state index in [0.717, 1.165) is 64.2 Å². The average molecular weight is 1100 g/mol. The molecule has 0 unspecified atom stereocenters. The van der Waals surface area contributed by atoms with Crippen LogP contribution in [0.5, 0.6) is 0 Å². The summed E-state index contributed by atoms with van der Waals surface area (Å²) in [5, 5.41) is 17.5. The smallest absolute Gasteiger partial charge is 0.408 e. The van der Waals surface area contributed by atoms with Gasteiger partial charge >= 0.3 is 30.1 Å². The fraction of sp³-hybridized carbons (Fsp3) is 0.857. The predicted octanol–water partition coefficient (Wildman–Crippen LogP) is 7.63. The van der Waals surface area contributed by atoms with Gasteiger partial charge in [0.2, 0.25) is 17.7 Å². The zero-order valence-corrected chi connectivity index (χ0v) is 50.0. The highest BCUT2D eigenvalue weighted by molar-refractivity contribution is 5.95. The Morgan fingerprint density at radius 1 is 0.553 bits per heavy atom. The molecule has 0 aromatic heterocycles. The van der Waals surface area contributed by atoms with Crippen molar-refractivity contribution in [1.82, 2.24) is 25.8 Å². The molecule has 436 valence electrons. The van der Waals surface area contributed by atoms with E-state index >= 15 is 0 Å². The number of hydrogen-bond acceptors (Lipinski definition) is 13. The van der Waals surface area contributed by atoms with Gasteiger partial charge in [-0.25, -0.2) is 24.0 Å². The van der Waals surface area contributed by atoms with Crippen LogP contribution in [0.2, 0.25) is 0 Å². The maximum absolute atomic E-state index is 13.9. The molecule has 6 rings (SSSR count). The topological polar surface area (TPSA) is 262 Å². The zero-order chi connectivity index (χ0) is 57.1. The van der Waals surface area contributed by atoms with Crippen LogP contribution in [0.25, 0.3) is 0 Å². The van der Waals surface area contributed by atoms with E-state index in [2.05, 4.69) is 43.6 Å². The van der Waals surface area contributed by atoms with Gasteiger partial charge in [-0.1, -0.05) is 108 Å². The number of carbonyl (C=O) groups excluding carboxylic acids is 7. The highest BCUT2D eigenvalue weighted by Gasteiger charge is 2.71. The van der Waals surface area contributed by atoms with Gasteiger partial charge in [0.1, 0.15) is 41.4 Å². The van der Waals surface area contributed by atoms with E-state index in [-0.39, 0.29) is 76.0 Å². The van der Waals surface area contributed by atoms with Gasteiger partial charge in [-0.15, -0.1) is 12.4 Å². The third-order valence-electron chi connectivity index (χ3n) is 16.6. The van der Waals surface area contributed by atoms with Crippen LogP contribution in [0.4, 0.5) is 9.59 Å². The van der Waals surface area contributed by atoms with Crippen molar-refractivity contribution in [3.63, 3.8) is 0 Å². The number of nitrogens with zero attached hydrogens (tertiary/aromatic N) is 2. The van der Waals surface area contributed by atoms with Gasteiger partial charge in [0, 0.05) is 24.9 Å². The Hall–Kier alpha value is -4.39. The Bertz CT molecular complexity index is 2080. The lowest BCUT2D eigenvalue weighted by Gasteiger charge is -2.38. The van der Waals surface area contributed by atoms with Crippen LogP contribution in [0.15, 0.2) is 0 Å². The normalized spacial score (nSPS) is 26.2. The molecular weight excluding hydrogens is 1000 g/mol. The number of alkyl carbamates (subject to hydrolysis) is 2. The fourth-order valence-corrected chi connectivity index (χ4v) is 12.0. The molecule has 76 heavy (non-hydrogen) atoms. The van der Waals surface area contributed by atoms with Crippen molar-refractivity contribution < 1.29 is 62.4 Å². The molecule has 4 aliphatic carbocycles. The summed E-state index contributed by atoms with van der Waals surface area (Å²) in [6.07, 6.45) is 8.32. The number of fused-ring (bicyclic) bond motifs is 2. The molecule has 6 aliphatic rings. The van der Waals surface area contributed by atoms with Gasteiger partial charge < -0.3 is 55.5 Å². The second-order valence-electron chi connectivity index (χ2n) is 27.4. The SMILES string of the molecule is CC(C)(C)OC(=O)N[C@H](C(=O)O)C1CCCCC1.COC(=O)[C@@H]1[C@@H]2[C@H](CN1C(=O)[C@@H](N)C(C)(C)C)C2(C)C.COC(=O)[C@@H]1[C@@H]2[C@H](CN1C(=O)[C@@H](NC(=O)[C@@H](NC(=O)OC(C)(C)C)C1CCCCC1)C(C)(C)C)C2(C)C.Cl. The number of halogens is 1. The standard InChI is InChI=1S/C28H47N3O6.C15H26N2O3.C13H23NO4.ClH/c1-26(2,3)21(23(33)31-15-17-18(28(17,7)8)20(31)24(34)36-9)30-22(32)19(16-13-11-10-12-14-16)29-25(35)37-27(4,5)6;1-14(2,3)11(16)12(18)17-7-8-9(15(8,4)5)10(17)13(19)20-6;1-13(2,3)18-12(17)14-10(11(15)16)9-7-5-4-6-8-9;/h16-21H,10-15H2,1-9H3,(H,29,35)(H,30,32);8-11H,7,16H2,1-6H3;9-10H,4-8H2,1-3H3,(H,14,17)(H,15,16);1H/t17-,18-,19-,20-,21+;8-,9-,10-,11+;10-;/m000./s1. The van der Waals surface area contributed by atoms with Gasteiger partial charge in [0.25, 0.3) is 0 Å². The molecular formula is C56H97ClN6O13. The molecule has 2 saturated heterocycles. The third-order valence-corrected chi connectivity index (χ3v) is 16.6. The third kappa shape index (κ3) is 16.3. The monoisotopic (exact) mass is 1100 g/mol. The Labute approximate surface area is 459 Å². The maximum atomic E-state index is 13.9. The second-order valence-corrected chi connectivity index (χ2v) is 27.4. The number of esters is 2. The van der Waals surface area contributed by atoms with Gasteiger partial charge in [0.05, 0.1) is 20.3 Å². The summed E-state index contributed by atoms with van der Waals surface area (Å²) in [5.41, 5.74) is 3.89. The number of methoxy groups -OCH3 is 2. The number of nitrogens with one attached hydrogen (secondary N) is 3. The van der Waals surface area contributed by atoms with Crippen LogP contribution in [-0.2, 0) is 47.7 Å². The number of amides is 5. The Balaban J connectivity index is 0.000000329. The molecule has 2 aliphatic heterocycles. The van der Waals surface area contributed by atoms with Crippen LogP contribution >= 0.6 is 12.4 Å². The summed E-state index contributed by atoms with van der Waals surface area (Å²) in [5.74, 6) is -1.73. The van der Waals surface area contributed by atoms with E-state index in [9.17, 15) is 43.5 Å². The van der Waals surface area contributed by atoms with E-state index in [1.807, 2.05) is 41.5 Å². The quantitative estimate of drug-likeness (QED) is 0.0985. The number of aliphatic carboxylic acids is 1. The minimum absolute atomic E-state index is 0. The molecule has 0 radical (unpaired) electrons. The first-order chi connectivity index (χ1) is 34.3. The minimum atomic E-state index is -0.979. The fourth-order valence-electron chi connectivity index (χ4n) is 12.0. The number of rotatable bonds is 11. The molecule has 4 saturated carbocycles. The largest absolute Gasteiger partial charge is 0.480 e. The van der Waals surface area contributed by atoms with E-state index in [1.54, 1.807) is 51.3 Å². The van der Waals surface area contributed by atoms with Gasteiger partial charge in [-0.2, -0.15) is 0 Å². The molecule has 5 amide bonds. The van der Waals surface area contributed by atoms with Gasteiger partial charge in [-0.3, -0.25) is 14.4 Å². The van der Waals surface area contributed by atoms with E-state index < -0.39 is 82.9 Å². The molecule has 6 N–H and O–H groups in total. The summed E-state index contributed by atoms with van der Waals surface area (Å²) >= 11 is 0. The number of carboxylic acids is 1. The molecule has 0 aromatic carbocycles. The van der Waals surface area contributed by atoms with Gasteiger partial charge in [-0.05, 0) is 113 Å². The summed E-state index contributed by atoms with van der Waals surface area (Å²) in [4.78, 5) is 104. The van der Waals surface area contributed by atoms with Crippen LogP contribution in [0.1, 0.15) is 175 Å². The number of hydrogen-bond donors (Lipinski definition) is 5. The molecule has 2 heterocycles. The molecule has 0 aromatic rings. The van der Waals surface area contributed by atoms with Crippen molar-refractivity contribution >= 4 is 60.2 Å². The summed E-state index contributed by atoms with van der Waals surface area (Å²) in [7, 11) is 2.71. The summed E-state index contributed by atoms with van der Waals surface area (Å²) in [6, 6.07) is -4.25. The molecule has 0 spiro atoms. The first-order valence-electron chi connectivity index (χ1n) is 27.4. The molecule has 20 heteroatoms. The highest BCUT2D eigenvalue weighted by atomic mass is 35.5. The van der Waals surface area contributed by atoms with Crippen LogP contribution in [0, 0.1) is 57.2 Å². The maximum Gasteiger partial charge on any atom is 0.408 e. The first kappa shape index (κ1) is 65.9. The van der Waals surface area contributed by atoms with Crippen molar-refractivity contribution in [3.05, 3.63) is 0 Å². The summed E-state index contributed by atoms with van der Waals surface area (Å²) < 4.78 is 20.5. The van der Waals surface area contributed by atoms with Gasteiger partial charge in [0.15, 0.2) is 0 Å². The average Bonchev–Trinajstić information content (AvgIpc) is 3.74. The number of ether oxygens (including phenoxy) is 4. The molecule has 0 bridgehead atoms. The number of piperidine rings is 2. The Morgan fingerprint density at radius 3 is 1.24 bits per heavy atom. The zero-order valence-electron chi connectivity index (χ0n) is 49.1. The van der Waals surface area contributed by atoms with Crippen molar-refractivity contribution in [3.8, 4) is 0 Å². The lowest BCUT2D eigenvalue weighted by atomic mass is 9.82. The van der Waals surface area contributed by atoms with E-state index in [1.165, 1.54) is 14.2 Å². The van der Waals surface area contributed by atoms with Crippen LogP contribution < -0.4 is 21.7 Å². The minimum Gasteiger partial charge on any atom is -0.480 e. The lowest BCUT2D eigenvalue weighted by Crippen LogP contribution is -2.61. The number of likely N-dealkylation sites (tertiary alicyclic amines) is 2. The molecule has 19 nitrogen and oxygen atoms in total. The van der Waals surface area contributed by atoms with Crippen molar-refractivity contribution in [2.45, 2.75) is 222 Å². The molecule has 10 atom stereocenters. The Morgan fingerprint density at radius 2 is 0.908 bits per heavy atom. The van der Waals surface area contributed by atoms with E-state index in [0.29, 0.717) is 19.0 Å². The predicted molar refractivity (Wildman–Crippen MR) is 290 cm³/mol. The van der Waals surface area contributed by atoms with Crippen LogP contribution in [0.3, 0.4) is 0 Å². The highest BCUT2D eigenvalue weighted by Crippen LogP contribution is 2.66. The number of nitrogens with two attached hydrogens (primary N) is 1. The lowest BCUT2D eigenvalue weighted by molar-refractivity contribution is -0.155. The van der Waals surface area contributed by atoms with Crippen molar-refractivity contribution in [1.29, 1.82) is 0 Å². The van der Waals surface area contributed by atoms with Crippen LogP contribution in [-0.4, -0.2) is 137 Å². The second kappa shape index (κ2) is 25.2. The molecule has 6 fully saturated rings. The first-order valence-corrected chi connectivity index (χ1v) is 27.4. The Kier molecular flexibility index (Phi) is 21.8. The van der Waals surface area contributed by atoms with Crippen molar-refractivity contribution in [2.24, 2.45) is 62.9 Å². The number of carbonyl (C=O) groups is 8. The van der Waals surface area contributed by atoms with Crippen molar-refractivity contribution in [2.75, 3.05) is 27.3 Å².